The maximum absolute atomic E-state index is 2.58. The van der Waals surface area contributed by atoms with Gasteiger partial charge < -0.3 is 0 Å². The zero-order chi connectivity index (χ0) is 12.6. The van der Waals surface area contributed by atoms with Crippen molar-refractivity contribution in [2.24, 2.45) is 53.3 Å². The van der Waals surface area contributed by atoms with Crippen LogP contribution in [0.2, 0.25) is 0 Å². The summed E-state index contributed by atoms with van der Waals surface area (Å²) in [5, 5.41) is 0. The lowest BCUT2D eigenvalue weighted by Crippen LogP contribution is -2.34. The fraction of sp³-hybridized carbons (Fsp3) is 1.00. The van der Waals surface area contributed by atoms with E-state index in [4.69, 9.17) is 0 Å². The van der Waals surface area contributed by atoms with Crippen LogP contribution in [0.15, 0.2) is 0 Å². The van der Waals surface area contributed by atoms with Crippen LogP contribution in [-0.2, 0) is 0 Å². The van der Waals surface area contributed by atoms with E-state index in [-0.39, 0.29) is 0 Å². The Morgan fingerprint density at radius 1 is 0.526 bits per heavy atom. The average molecular weight is 258 g/mol. The van der Waals surface area contributed by atoms with E-state index in [1.54, 1.807) is 57.8 Å². The van der Waals surface area contributed by atoms with Crippen LogP contribution in [0.3, 0.4) is 0 Å². The Labute approximate surface area is 118 Å². The van der Waals surface area contributed by atoms with Crippen LogP contribution in [0, 0.1) is 53.3 Å². The Kier molecular flexibility index (Phi) is 2.46. The van der Waals surface area contributed by atoms with Gasteiger partial charge in [-0.15, -0.1) is 0 Å². The fourth-order valence-corrected chi connectivity index (χ4v) is 7.92. The number of fused-ring (bicyclic) bond motifs is 7. The molecule has 0 saturated heterocycles. The molecule has 0 N–H and O–H groups in total. The molecule has 0 amide bonds. The third-order valence-corrected chi connectivity index (χ3v) is 8.60. The van der Waals surface area contributed by atoms with Crippen molar-refractivity contribution in [1.29, 1.82) is 0 Å². The molecule has 0 aromatic rings. The van der Waals surface area contributed by atoms with Gasteiger partial charge in [-0.2, -0.15) is 0 Å². The molecule has 5 fully saturated rings. The smallest absolute Gasteiger partial charge is 0.0323 e. The van der Waals surface area contributed by atoms with E-state index >= 15 is 0 Å². The van der Waals surface area contributed by atoms with Crippen molar-refractivity contribution in [3.63, 3.8) is 0 Å². The third-order valence-electron chi connectivity index (χ3n) is 8.60. The summed E-state index contributed by atoms with van der Waals surface area (Å²) in [7, 11) is 0. The summed E-state index contributed by atoms with van der Waals surface area (Å²) in [6.45, 7) is 2.58. The summed E-state index contributed by atoms with van der Waals surface area (Å²) < 4.78 is 0. The van der Waals surface area contributed by atoms with Gasteiger partial charge in [-0.3, -0.25) is 0 Å². The van der Waals surface area contributed by atoms with Crippen LogP contribution in [0.5, 0.6) is 0 Å². The van der Waals surface area contributed by atoms with Gasteiger partial charge in [0.2, 0.25) is 0 Å². The molecular weight excluding hydrogens is 228 g/mol. The molecule has 5 aliphatic carbocycles. The molecule has 0 nitrogen and oxygen atoms in total. The first-order valence-corrected chi connectivity index (χ1v) is 9.31. The van der Waals surface area contributed by atoms with Gasteiger partial charge in [0.05, 0.1) is 0 Å². The van der Waals surface area contributed by atoms with Gasteiger partial charge in [-0.05, 0) is 111 Å². The predicted octanol–water partition coefficient (Wildman–Crippen LogP) is 5.13. The quantitative estimate of drug-likeness (QED) is 0.611. The lowest BCUT2D eigenvalue weighted by molar-refractivity contribution is 0.0771. The first-order chi connectivity index (χ1) is 9.31. The summed E-state index contributed by atoms with van der Waals surface area (Å²) in [4.78, 5) is 0. The molecule has 4 bridgehead atoms. The minimum atomic E-state index is 1.06. The molecule has 106 valence electrons. The lowest BCUT2D eigenvalue weighted by Gasteiger charge is -2.41. The van der Waals surface area contributed by atoms with Crippen molar-refractivity contribution < 1.29 is 0 Å². The number of hydrogen-bond acceptors (Lipinski definition) is 0. The van der Waals surface area contributed by atoms with Gasteiger partial charge in [0.1, 0.15) is 0 Å². The van der Waals surface area contributed by atoms with Gasteiger partial charge in [0, 0.05) is 0 Å². The monoisotopic (exact) mass is 258 g/mol. The summed E-state index contributed by atoms with van der Waals surface area (Å²) in [5.41, 5.74) is 0. The lowest BCUT2D eigenvalue weighted by atomic mass is 9.64. The molecule has 0 spiro atoms. The zero-order valence-corrected chi connectivity index (χ0v) is 12.6. The second-order valence-electron chi connectivity index (χ2n) is 9.03. The van der Waals surface area contributed by atoms with Crippen LogP contribution in [0.1, 0.15) is 64.7 Å². The molecule has 0 radical (unpaired) electrons. The van der Waals surface area contributed by atoms with Crippen molar-refractivity contribution in [2.75, 3.05) is 0 Å². The fourth-order valence-electron chi connectivity index (χ4n) is 7.92. The van der Waals surface area contributed by atoms with E-state index in [2.05, 4.69) is 6.92 Å². The standard InChI is InChI=1S/C19H30/c1-11-8-18(14-3-2-12(11)9-14)17-7-6-16-13-4-5-15(10-13)19(16)17/h11-19H,2-10H2,1H3. The van der Waals surface area contributed by atoms with Crippen LogP contribution in [0.4, 0.5) is 0 Å². The maximum atomic E-state index is 2.58. The number of hydrogen-bond donors (Lipinski definition) is 0. The van der Waals surface area contributed by atoms with E-state index in [9.17, 15) is 0 Å². The topological polar surface area (TPSA) is 0 Å². The Balaban J connectivity index is 1.41. The molecular formula is C19H30. The first kappa shape index (κ1) is 11.6. The molecule has 9 atom stereocenters. The van der Waals surface area contributed by atoms with E-state index in [0.29, 0.717) is 0 Å². The van der Waals surface area contributed by atoms with E-state index in [1.807, 2.05) is 0 Å². The Morgan fingerprint density at radius 2 is 1.16 bits per heavy atom. The van der Waals surface area contributed by atoms with Crippen molar-refractivity contribution in [2.45, 2.75) is 64.7 Å². The Bertz CT molecular complexity index is 372. The average Bonchev–Trinajstić information content (AvgIpc) is 3.16. The Morgan fingerprint density at radius 3 is 2.05 bits per heavy atom. The summed E-state index contributed by atoms with van der Waals surface area (Å²) in [6, 6.07) is 0. The molecule has 5 saturated carbocycles. The second-order valence-corrected chi connectivity index (χ2v) is 9.03. The van der Waals surface area contributed by atoms with Crippen molar-refractivity contribution in [3.8, 4) is 0 Å². The summed E-state index contributed by atoms with van der Waals surface area (Å²) in [5.74, 6) is 10.4. The van der Waals surface area contributed by atoms with Crippen LogP contribution in [-0.4, -0.2) is 0 Å². The number of rotatable bonds is 1. The van der Waals surface area contributed by atoms with Crippen molar-refractivity contribution in [3.05, 3.63) is 0 Å². The largest absolute Gasteiger partial charge is 0.0622 e. The minimum absolute atomic E-state index is 1.06. The molecule has 0 heteroatoms. The maximum Gasteiger partial charge on any atom is -0.0323 e. The molecule has 19 heavy (non-hydrogen) atoms. The van der Waals surface area contributed by atoms with Gasteiger partial charge in [-0.25, -0.2) is 0 Å². The minimum Gasteiger partial charge on any atom is -0.0622 e. The second kappa shape index (κ2) is 4.01. The highest BCUT2D eigenvalue weighted by molar-refractivity contribution is 5.06. The molecule has 0 heterocycles. The van der Waals surface area contributed by atoms with Crippen LogP contribution >= 0.6 is 0 Å². The van der Waals surface area contributed by atoms with Crippen LogP contribution in [0.25, 0.3) is 0 Å². The van der Waals surface area contributed by atoms with Gasteiger partial charge in [-0.1, -0.05) is 6.92 Å². The Hall–Kier alpha value is 0. The van der Waals surface area contributed by atoms with Crippen LogP contribution < -0.4 is 0 Å². The first-order valence-electron chi connectivity index (χ1n) is 9.31. The van der Waals surface area contributed by atoms with Gasteiger partial charge in [0.15, 0.2) is 0 Å². The summed E-state index contributed by atoms with van der Waals surface area (Å²) in [6.07, 6.45) is 14.5. The highest BCUT2D eigenvalue weighted by Gasteiger charge is 2.56. The van der Waals surface area contributed by atoms with E-state index in [1.165, 1.54) is 29.6 Å². The highest BCUT2D eigenvalue weighted by atomic mass is 14.6. The third kappa shape index (κ3) is 1.52. The molecule has 0 aliphatic heterocycles. The molecule has 5 rings (SSSR count). The SMILES string of the molecule is CC1CC(C2CCC3C4CCC(C4)C32)C2CCC1C2. The molecule has 0 aromatic heterocycles. The molecule has 0 aromatic carbocycles. The molecule has 5 aliphatic rings. The van der Waals surface area contributed by atoms with Gasteiger partial charge in [0.25, 0.3) is 0 Å². The highest BCUT2D eigenvalue weighted by Crippen LogP contribution is 2.65. The van der Waals surface area contributed by atoms with E-state index in [0.717, 1.165) is 23.7 Å². The van der Waals surface area contributed by atoms with Gasteiger partial charge >= 0.3 is 0 Å². The normalized spacial score (nSPS) is 62.7. The zero-order valence-electron chi connectivity index (χ0n) is 12.6. The van der Waals surface area contributed by atoms with E-state index < -0.39 is 0 Å². The predicted molar refractivity (Wildman–Crippen MR) is 78.6 cm³/mol. The van der Waals surface area contributed by atoms with Crippen molar-refractivity contribution in [1.82, 2.24) is 0 Å². The molecule has 9 unspecified atom stereocenters. The van der Waals surface area contributed by atoms with Crippen molar-refractivity contribution >= 4 is 0 Å². The summed E-state index contributed by atoms with van der Waals surface area (Å²) >= 11 is 0.